The minimum Gasteiger partial charge on any atom is -0.396 e. The minimum atomic E-state index is -4.69. The molecular formula is C14H10F3N5OS. The Labute approximate surface area is 138 Å². The summed E-state index contributed by atoms with van der Waals surface area (Å²) in [7, 11) is 0. The first-order valence-electron chi connectivity index (χ1n) is 6.83. The number of hydrogen-bond donors (Lipinski definition) is 1. The fourth-order valence-corrected chi connectivity index (χ4v) is 3.07. The lowest BCUT2D eigenvalue weighted by molar-refractivity contribution is -0.145. The van der Waals surface area contributed by atoms with Gasteiger partial charge < -0.3 is 5.11 Å². The van der Waals surface area contributed by atoms with E-state index < -0.39 is 12.0 Å². The Morgan fingerprint density at radius 2 is 2.08 bits per heavy atom. The Kier molecular flexibility index (Phi) is 4.29. The van der Waals surface area contributed by atoms with Crippen molar-refractivity contribution in [1.82, 2.24) is 19.6 Å². The van der Waals surface area contributed by atoms with Crippen LogP contribution in [0, 0.1) is 6.57 Å². The van der Waals surface area contributed by atoms with E-state index in [-0.39, 0.29) is 23.5 Å². The first-order valence-corrected chi connectivity index (χ1v) is 7.81. The van der Waals surface area contributed by atoms with Gasteiger partial charge in [0.05, 0.1) is 17.6 Å². The number of nitrogens with zero attached hydrogens (tertiary/aromatic N) is 5. The lowest BCUT2D eigenvalue weighted by Crippen LogP contribution is -2.11. The Hall–Kier alpha value is -2.38. The van der Waals surface area contributed by atoms with Gasteiger partial charge in [-0.3, -0.25) is 4.40 Å². The van der Waals surface area contributed by atoms with E-state index in [1.54, 1.807) is 0 Å². The van der Waals surface area contributed by atoms with Gasteiger partial charge in [0.1, 0.15) is 5.03 Å². The average Bonchev–Trinajstić information content (AvgIpc) is 3.00. The Bertz CT molecular complexity index is 947. The molecule has 3 aromatic rings. The molecule has 2 heterocycles. The van der Waals surface area contributed by atoms with Crippen LogP contribution in [0.4, 0.5) is 18.9 Å². The largest absolute Gasteiger partial charge is 0.452 e. The lowest BCUT2D eigenvalue weighted by atomic mass is 10.2. The molecule has 10 heteroatoms. The molecule has 24 heavy (non-hydrogen) atoms. The predicted octanol–water partition coefficient (Wildman–Crippen LogP) is 3.32. The summed E-state index contributed by atoms with van der Waals surface area (Å²) in [6.45, 7) is 7.01. The number of alkyl halides is 3. The third-order valence-corrected chi connectivity index (χ3v) is 4.24. The van der Waals surface area contributed by atoms with Crippen molar-refractivity contribution in [3.8, 4) is 0 Å². The molecule has 0 saturated heterocycles. The third kappa shape index (κ3) is 2.88. The van der Waals surface area contributed by atoms with Gasteiger partial charge in [0.15, 0.2) is 11.3 Å². The molecular weight excluding hydrogens is 343 g/mol. The van der Waals surface area contributed by atoms with Crippen molar-refractivity contribution in [3.05, 3.63) is 35.4 Å². The van der Waals surface area contributed by atoms with Gasteiger partial charge in [-0.15, -0.1) is 22.0 Å². The summed E-state index contributed by atoms with van der Waals surface area (Å²) < 4.78 is 40.7. The van der Waals surface area contributed by atoms with Crippen molar-refractivity contribution >= 4 is 34.1 Å². The molecule has 0 atom stereocenters. The predicted molar refractivity (Wildman–Crippen MR) is 82.0 cm³/mol. The fraction of sp³-hybridized carbons (Fsp3) is 0.286. The smallest absolute Gasteiger partial charge is 0.396 e. The highest BCUT2D eigenvalue weighted by molar-refractivity contribution is 7.99. The summed E-state index contributed by atoms with van der Waals surface area (Å²) >= 11 is 1.20. The molecule has 0 radical (unpaired) electrons. The molecule has 1 N–H and O–H groups in total. The van der Waals surface area contributed by atoms with Crippen LogP contribution in [-0.2, 0) is 6.18 Å². The van der Waals surface area contributed by atoms with Crippen molar-refractivity contribution in [3.63, 3.8) is 0 Å². The van der Waals surface area contributed by atoms with Crippen LogP contribution in [0.1, 0.15) is 12.2 Å². The van der Waals surface area contributed by atoms with Crippen LogP contribution in [0.25, 0.3) is 21.5 Å². The first kappa shape index (κ1) is 16.5. The molecule has 3 rings (SSSR count). The van der Waals surface area contributed by atoms with E-state index >= 15 is 0 Å². The zero-order chi connectivity index (χ0) is 17.3. The van der Waals surface area contributed by atoms with Gasteiger partial charge in [0, 0.05) is 12.4 Å². The first-order chi connectivity index (χ1) is 11.5. The molecule has 0 aliphatic heterocycles. The van der Waals surface area contributed by atoms with Crippen LogP contribution in [0.15, 0.2) is 23.2 Å². The van der Waals surface area contributed by atoms with Crippen LogP contribution in [0.3, 0.4) is 0 Å². The van der Waals surface area contributed by atoms with E-state index in [0.29, 0.717) is 22.7 Å². The van der Waals surface area contributed by atoms with Crippen molar-refractivity contribution in [1.29, 1.82) is 0 Å². The molecule has 0 unspecified atom stereocenters. The molecule has 0 amide bonds. The summed E-state index contributed by atoms with van der Waals surface area (Å²) in [5.74, 6) is -0.671. The maximum absolute atomic E-state index is 13.3. The normalized spacial score (nSPS) is 12.0. The summed E-state index contributed by atoms with van der Waals surface area (Å²) in [6, 6.07) is 4.33. The van der Waals surface area contributed by atoms with Crippen molar-refractivity contribution in [2.24, 2.45) is 0 Å². The number of hydrogen-bond acceptors (Lipinski definition) is 5. The zero-order valence-corrected chi connectivity index (χ0v) is 12.9. The summed E-state index contributed by atoms with van der Waals surface area (Å²) in [6.07, 6.45) is -4.21. The number of fused-ring (bicyclic) bond motifs is 3. The Balaban J connectivity index is 2.31. The van der Waals surface area contributed by atoms with Crippen molar-refractivity contribution in [2.75, 3.05) is 12.4 Å². The maximum Gasteiger partial charge on any atom is 0.452 e. The molecule has 0 spiro atoms. The van der Waals surface area contributed by atoms with Gasteiger partial charge in [0.2, 0.25) is 5.82 Å². The topological polar surface area (TPSA) is 67.7 Å². The van der Waals surface area contributed by atoms with Gasteiger partial charge in [-0.05, 0) is 18.6 Å². The second-order valence-electron chi connectivity index (χ2n) is 4.81. The van der Waals surface area contributed by atoms with E-state index in [4.69, 9.17) is 11.7 Å². The van der Waals surface area contributed by atoms with E-state index in [0.717, 1.165) is 4.40 Å². The number of thioether (sulfide) groups is 1. The molecule has 6 nitrogen and oxygen atoms in total. The number of halogens is 3. The Morgan fingerprint density at radius 3 is 2.75 bits per heavy atom. The maximum atomic E-state index is 13.3. The van der Waals surface area contributed by atoms with E-state index in [9.17, 15) is 13.2 Å². The fourth-order valence-electron chi connectivity index (χ4n) is 2.18. The van der Waals surface area contributed by atoms with Crippen LogP contribution in [0.5, 0.6) is 0 Å². The van der Waals surface area contributed by atoms with Crippen LogP contribution in [0.2, 0.25) is 0 Å². The van der Waals surface area contributed by atoms with Gasteiger partial charge in [0.25, 0.3) is 0 Å². The molecule has 124 valence electrons. The van der Waals surface area contributed by atoms with Crippen LogP contribution in [-0.4, -0.2) is 37.0 Å². The molecule has 0 aliphatic carbocycles. The second kappa shape index (κ2) is 6.26. The molecule has 0 bridgehead atoms. The summed E-state index contributed by atoms with van der Waals surface area (Å²) in [5, 5.41) is 16.1. The highest BCUT2D eigenvalue weighted by Crippen LogP contribution is 2.33. The van der Waals surface area contributed by atoms with Gasteiger partial charge in [-0.2, -0.15) is 13.2 Å². The standard InChI is InChI=1S/C14H10F3N5OS/c1-18-8-3-4-9-10(7-8)22-11(12(19-9)24-6-2-5-23)20-21-13(22)14(15,16)17/h3-4,7,23H,2,5-6H2. The van der Waals surface area contributed by atoms with Gasteiger partial charge >= 0.3 is 6.18 Å². The van der Waals surface area contributed by atoms with Gasteiger partial charge in [-0.25, -0.2) is 9.83 Å². The molecule has 0 saturated carbocycles. The quantitative estimate of drug-likeness (QED) is 0.443. The molecule has 0 aliphatic rings. The molecule has 2 aromatic heterocycles. The SMILES string of the molecule is [C-]#[N+]c1ccc2nc(SCCCO)c3nnc(C(F)(F)F)n3c2c1. The number of rotatable bonds is 4. The third-order valence-electron chi connectivity index (χ3n) is 3.20. The zero-order valence-electron chi connectivity index (χ0n) is 12.1. The number of aliphatic hydroxyl groups is 1. The summed E-state index contributed by atoms with van der Waals surface area (Å²) in [4.78, 5) is 7.57. The van der Waals surface area contributed by atoms with E-state index in [1.807, 2.05) is 0 Å². The van der Waals surface area contributed by atoms with E-state index in [2.05, 4.69) is 20.0 Å². The summed E-state index contributed by atoms with van der Waals surface area (Å²) in [5.41, 5.74) is 0.627. The van der Waals surface area contributed by atoms with Gasteiger partial charge in [-0.1, -0.05) is 6.07 Å². The number of aromatic nitrogens is 4. The van der Waals surface area contributed by atoms with Crippen LogP contribution >= 0.6 is 11.8 Å². The molecule has 0 fully saturated rings. The lowest BCUT2D eigenvalue weighted by Gasteiger charge is -2.10. The highest BCUT2D eigenvalue weighted by Gasteiger charge is 2.38. The molecule has 1 aromatic carbocycles. The van der Waals surface area contributed by atoms with Crippen LogP contribution < -0.4 is 0 Å². The van der Waals surface area contributed by atoms with E-state index in [1.165, 1.54) is 30.0 Å². The number of aliphatic hydroxyl groups excluding tert-OH is 1. The number of benzene rings is 1. The highest BCUT2D eigenvalue weighted by atomic mass is 32.2. The monoisotopic (exact) mass is 353 g/mol. The second-order valence-corrected chi connectivity index (χ2v) is 5.89. The Morgan fingerprint density at radius 1 is 1.29 bits per heavy atom. The minimum absolute atomic E-state index is 0.0140. The van der Waals surface area contributed by atoms with Crippen molar-refractivity contribution in [2.45, 2.75) is 17.6 Å². The van der Waals surface area contributed by atoms with Crippen molar-refractivity contribution < 1.29 is 18.3 Å². The average molecular weight is 353 g/mol.